The van der Waals surface area contributed by atoms with E-state index >= 15 is 0 Å². The Morgan fingerprint density at radius 1 is 1.35 bits per heavy atom. The quantitative estimate of drug-likeness (QED) is 0.795. The van der Waals surface area contributed by atoms with Crippen LogP contribution in [-0.4, -0.2) is 26.0 Å². The van der Waals surface area contributed by atoms with Gasteiger partial charge in [0.15, 0.2) is 5.16 Å². The number of rotatable bonds is 6. The van der Waals surface area contributed by atoms with Gasteiger partial charge in [0.2, 0.25) is 0 Å². The summed E-state index contributed by atoms with van der Waals surface area (Å²) in [7, 11) is 0. The highest BCUT2D eigenvalue weighted by Crippen LogP contribution is 2.24. The lowest BCUT2D eigenvalue weighted by atomic mass is 10.2. The fraction of sp³-hybridized carbons (Fsp3) is 0.769. The van der Waals surface area contributed by atoms with Crippen molar-refractivity contribution in [2.45, 2.75) is 64.8 Å². The van der Waals surface area contributed by atoms with Crippen LogP contribution >= 0.6 is 11.8 Å². The summed E-state index contributed by atoms with van der Waals surface area (Å²) in [5.41, 5.74) is 1.70. The highest BCUT2D eigenvalue weighted by Gasteiger charge is 2.17. The van der Waals surface area contributed by atoms with Crippen molar-refractivity contribution >= 4 is 11.8 Å². The molecule has 1 heterocycles. The van der Waals surface area contributed by atoms with Crippen molar-refractivity contribution in [2.75, 3.05) is 5.75 Å². The van der Waals surface area contributed by atoms with Gasteiger partial charge in [0, 0.05) is 18.0 Å². The van der Waals surface area contributed by atoms with E-state index in [2.05, 4.69) is 23.4 Å². The monoisotopic (exact) mass is 256 g/mol. The summed E-state index contributed by atoms with van der Waals surface area (Å²) in [6.07, 6.45) is 2.36. The van der Waals surface area contributed by atoms with Crippen LogP contribution < -0.4 is 0 Å². The summed E-state index contributed by atoms with van der Waals surface area (Å²) in [6.45, 7) is 11.1. The predicted molar refractivity (Wildman–Crippen MR) is 73.6 cm³/mol. The predicted octanol–water partition coefficient (Wildman–Crippen LogP) is 3.16. The number of nitrogens with zero attached hydrogens (tertiary/aromatic N) is 2. The SMILES string of the molecule is CCCCn1c(SCC(C)(C)O)nc(C)c1C. The second-order valence-corrected chi connectivity index (χ2v) is 6.11. The van der Waals surface area contributed by atoms with Crippen molar-refractivity contribution in [2.24, 2.45) is 0 Å². The number of hydrogen-bond donors (Lipinski definition) is 1. The van der Waals surface area contributed by atoms with Gasteiger partial charge < -0.3 is 9.67 Å². The van der Waals surface area contributed by atoms with Gasteiger partial charge in [-0.25, -0.2) is 4.98 Å². The van der Waals surface area contributed by atoms with E-state index in [0.29, 0.717) is 5.75 Å². The number of aryl methyl sites for hydroxylation is 1. The highest BCUT2D eigenvalue weighted by atomic mass is 32.2. The molecule has 1 N–H and O–H groups in total. The van der Waals surface area contributed by atoms with Crippen LogP contribution in [0.3, 0.4) is 0 Å². The summed E-state index contributed by atoms with van der Waals surface area (Å²) in [4.78, 5) is 4.58. The molecule has 0 spiro atoms. The molecule has 0 bridgehead atoms. The number of unbranched alkanes of at least 4 members (excludes halogenated alkanes) is 1. The van der Waals surface area contributed by atoms with E-state index in [0.717, 1.165) is 17.4 Å². The van der Waals surface area contributed by atoms with Crippen LogP contribution in [0.4, 0.5) is 0 Å². The van der Waals surface area contributed by atoms with Gasteiger partial charge in [-0.15, -0.1) is 0 Å². The molecule has 0 amide bonds. The summed E-state index contributed by atoms with van der Waals surface area (Å²) < 4.78 is 2.27. The minimum absolute atomic E-state index is 0.645. The first-order valence-corrected chi connectivity index (χ1v) is 7.22. The molecule has 0 radical (unpaired) electrons. The largest absolute Gasteiger partial charge is 0.390 e. The Kier molecular flexibility index (Phi) is 5.07. The van der Waals surface area contributed by atoms with Gasteiger partial charge in [0.1, 0.15) is 0 Å². The van der Waals surface area contributed by atoms with Crippen molar-refractivity contribution in [3.63, 3.8) is 0 Å². The van der Waals surface area contributed by atoms with Gasteiger partial charge >= 0.3 is 0 Å². The number of hydrogen-bond acceptors (Lipinski definition) is 3. The lowest BCUT2D eigenvalue weighted by Crippen LogP contribution is -2.22. The molecule has 0 fully saturated rings. The first-order valence-electron chi connectivity index (χ1n) is 6.24. The summed E-state index contributed by atoms with van der Waals surface area (Å²) in [5.74, 6) is 0.676. The minimum Gasteiger partial charge on any atom is -0.390 e. The van der Waals surface area contributed by atoms with E-state index in [1.165, 1.54) is 18.5 Å². The zero-order chi connectivity index (χ0) is 13.1. The zero-order valence-corrected chi connectivity index (χ0v) is 12.4. The van der Waals surface area contributed by atoms with Crippen LogP contribution in [0.2, 0.25) is 0 Å². The third-order valence-corrected chi connectivity index (χ3v) is 4.13. The first kappa shape index (κ1) is 14.6. The molecular formula is C13H24N2OS. The molecule has 0 aliphatic rings. The Morgan fingerprint density at radius 2 is 2.00 bits per heavy atom. The van der Waals surface area contributed by atoms with Crippen LogP contribution in [0.15, 0.2) is 5.16 Å². The van der Waals surface area contributed by atoms with Crippen molar-refractivity contribution in [3.05, 3.63) is 11.4 Å². The van der Waals surface area contributed by atoms with E-state index < -0.39 is 5.60 Å². The summed E-state index contributed by atoms with van der Waals surface area (Å²) >= 11 is 1.64. The fourth-order valence-corrected chi connectivity index (χ4v) is 2.62. The van der Waals surface area contributed by atoms with Gasteiger partial charge in [0.05, 0.1) is 11.3 Å². The third kappa shape index (κ3) is 4.36. The maximum absolute atomic E-state index is 9.76. The van der Waals surface area contributed by atoms with Crippen LogP contribution in [0.5, 0.6) is 0 Å². The van der Waals surface area contributed by atoms with E-state index in [9.17, 15) is 5.11 Å². The molecular weight excluding hydrogens is 232 g/mol. The molecule has 0 aromatic carbocycles. The number of thioether (sulfide) groups is 1. The van der Waals surface area contributed by atoms with Crippen molar-refractivity contribution in [1.82, 2.24) is 9.55 Å². The topological polar surface area (TPSA) is 38.0 Å². The molecule has 3 nitrogen and oxygen atoms in total. The number of aliphatic hydroxyl groups is 1. The van der Waals surface area contributed by atoms with Crippen molar-refractivity contribution in [1.29, 1.82) is 0 Å². The molecule has 0 aliphatic carbocycles. The first-order chi connectivity index (χ1) is 7.85. The molecule has 0 atom stereocenters. The third-order valence-electron chi connectivity index (χ3n) is 2.71. The molecule has 0 aliphatic heterocycles. The average Bonchev–Trinajstić information content (AvgIpc) is 2.49. The lowest BCUT2D eigenvalue weighted by Gasteiger charge is -2.16. The van der Waals surface area contributed by atoms with Crippen molar-refractivity contribution < 1.29 is 5.11 Å². The molecule has 17 heavy (non-hydrogen) atoms. The maximum Gasteiger partial charge on any atom is 0.168 e. The van der Waals surface area contributed by atoms with Crippen LogP contribution in [0.25, 0.3) is 0 Å². The Hall–Kier alpha value is -0.480. The van der Waals surface area contributed by atoms with Gasteiger partial charge in [0.25, 0.3) is 0 Å². The smallest absolute Gasteiger partial charge is 0.168 e. The van der Waals surface area contributed by atoms with Crippen molar-refractivity contribution in [3.8, 4) is 0 Å². The molecule has 98 valence electrons. The highest BCUT2D eigenvalue weighted by molar-refractivity contribution is 7.99. The molecule has 4 heteroatoms. The molecule has 1 aromatic rings. The fourth-order valence-electron chi connectivity index (χ4n) is 1.55. The Labute approximate surface area is 109 Å². The van der Waals surface area contributed by atoms with E-state index in [1.54, 1.807) is 11.8 Å². The molecule has 1 rings (SSSR count). The normalized spacial score (nSPS) is 12.1. The van der Waals surface area contributed by atoms with Gasteiger partial charge in [-0.1, -0.05) is 25.1 Å². The molecule has 1 aromatic heterocycles. The van der Waals surface area contributed by atoms with E-state index in [4.69, 9.17) is 0 Å². The zero-order valence-electron chi connectivity index (χ0n) is 11.6. The van der Waals surface area contributed by atoms with Crippen LogP contribution in [0, 0.1) is 13.8 Å². The Morgan fingerprint density at radius 3 is 2.53 bits per heavy atom. The molecule has 0 unspecified atom stereocenters. The minimum atomic E-state index is -0.645. The van der Waals surface area contributed by atoms with E-state index in [1.807, 2.05) is 20.8 Å². The summed E-state index contributed by atoms with van der Waals surface area (Å²) in [6, 6.07) is 0. The second-order valence-electron chi connectivity index (χ2n) is 5.17. The van der Waals surface area contributed by atoms with Gasteiger partial charge in [-0.3, -0.25) is 0 Å². The Balaban J connectivity index is 2.79. The molecule has 0 saturated heterocycles. The average molecular weight is 256 g/mol. The maximum atomic E-state index is 9.76. The number of imidazole rings is 1. The lowest BCUT2D eigenvalue weighted by molar-refractivity contribution is 0.107. The summed E-state index contributed by atoms with van der Waals surface area (Å²) in [5, 5.41) is 10.8. The number of aromatic nitrogens is 2. The Bertz CT molecular complexity index is 366. The van der Waals surface area contributed by atoms with Gasteiger partial charge in [-0.2, -0.15) is 0 Å². The van der Waals surface area contributed by atoms with Gasteiger partial charge in [-0.05, 0) is 34.1 Å². The second kappa shape index (κ2) is 5.91. The molecule has 0 saturated carbocycles. The standard InChI is InChI=1S/C13H24N2OS/c1-6-7-8-15-11(3)10(2)14-12(15)17-9-13(4,5)16/h16H,6-9H2,1-5H3. The van der Waals surface area contributed by atoms with Crippen LogP contribution in [-0.2, 0) is 6.54 Å². The van der Waals surface area contributed by atoms with E-state index in [-0.39, 0.29) is 0 Å². The van der Waals surface area contributed by atoms with Crippen LogP contribution in [0.1, 0.15) is 45.0 Å².